The first-order valence-corrected chi connectivity index (χ1v) is 8.79. The maximum Gasteiger partial charge on any atom is 0.239 e. The summed E-state index contributed by atoms with van der Waals surface area (Å²) in [6.07, 6.45) is 2.58. The van der Waals surface area contributed by atoms with Crippen LogP contribution >= 0.6 is 23.2 Å². The van der Waals surface area contributed by atoms with Crippen LogP contribution in [-0.4, -0.2) is 49.1 Å². The molecule has 24 heavy (non-hydrogen) atoms. The third-order valence-corrected chi connectivity index (χ3v) is 4.55. The second kappa shape index (κ2) is 9.25. The third kappa shape index (κ3) is 5.96. The van der Waals surface area contributed by atoms with E-state index in [-0.39, 0.29) is 24.5 Å². The van der Waals surface area contributed by atoms with Gasteiger partial charge in [-0.1, -0.05) is 29.3 Å². The fraction of sp³-hybridized carbons (Fsp3) is 0.529. The highest BCUT2D eigenvalue weighted by molar-refractivity contribution is 6.35. The highest BCUT2D eigenvalue weighted by Crippen LogP contribution is 2.21. The first-order chi connectivity index (χ1) is 11.5. The largest absolute Gasteiger partial charge is 0.376 e. The van der Waals surface area contributed by atoms with Crippen LogP contribution in [0.2, 0.25) is 10.0 Å². The Balaban J connectivity index is 1.77. The van der Waals surface area contributed by atoms with Crippen molar-refractivity contribution in [3.05, 3.63) is 33.8 Å². The summed E-state index contributed by atoms with van der Waals surface area (Å²) in [5.74, 6) is -0.310. The van der Waals surface area contributed by atoms with Crippen LogP contribution in [-0.2, 0) is 20.7 Å². The number of hydrogen-bond donors (Lipinski definition) is 1. The van der Waals surface area contributed by atoms with E-state index >= 15 is 0 Å². The molecule has 1 atom stereocenters. The average Bonchev–Trinajstić information content (AvgIpc) is 3.02. The number of carbonyl (C=O) groups is 2. The van der Waals surface area contributed by atoms with E-state index in [0.29, 0.717) is 29.6 Å². The fourth-order valence-corrected chi connectivity index (χ4v) is 3.13. The van der Waals surface area contributed by atoms with Gasteiger partial charge in [0.1, 0.15) is 0 Å². The maximum atomic E-state index is 12.1. The minimum atomic E-state index is -0.187. The minimum Gasteiger partial charge on any atom is -0.376 e. The van der Waals surface area contributed by atoms with Crippen molar-refractivity contribution in [3.63, 3.8) is 0 Å². The van der Waals surface area contributed by atoms with Crippen molar-refractivity contribution >= 4 is 35.0 Å². The van der Waals surface area contributed by atoms with Crippen LogP contribution in [0.15, 0.2) is 18.2 Å². The zero-order chi connectivity index (χ0) is 17.5. The quantitative estimate of drug-likeness (QED) is 0.800. The van der Waals surface area contributed by atoms with Crippen LogP contribution in [0.1, 0.15) is 25.3 Å². The summed E-state index contributed by atoms with van der Waals surface area (Å²) in [6, 6.07) is 5.29. The predicted octanol–water partition coefficient (Wildman–Crippen LogP) is 2.68. The van der Waals surface area contributed by atoms with Crippen LogP contribution in [0.3, 0.4) is 0 Å². The van der Waals surface area contributed by atoms with Gasteiger partial charge in [0, 0.05) is 36.7 Å². The Labute approximate surface area is 152 Å². The number of benzene rings is 1. The normalized spacial score (nSPS) is 16.9. The Morgan fingerprint density at radius 3 is 2.79 bits per heavy atom. The number of nitrogens with zero attached hydrogens (tertiary/aromatic N) is 1. The zero-order valence-electron chi connectivity index (χ0n) is 13.7. The molecule has 0 bridgehead atoms. The van der Waals surface area contributed by atoms with Gasteiger partial charge in [0.15, 0.2) is 0 Å². The van der Waals surface area contributed by atoms with Gasteiger partial charge in [-0.3, -0.25) is 9.59 Å². The van der Waals surface area contributed by atoms with Crippen LogP contribution in [0.4, 0.5) is 0 Å². The first-order valence-electron chi connectivity index (χ1n) is 8.03. The molecule has 0 aromatic heterocycles. The Hall–Kier alpha value is -1.30. The zero-order valence-corrected chi connectivity index (χ0v) is 15.2. The molecule has 0 saturated carbocycles. The summed E-state index contributed by atoms with van der Waals surface area (Å²) >= 11 is 12.0. The monoisotopic (exact) mass is 372 g/mol. The van der Waals surface area contributed by atoms with E-state index in [1.807, 2.05) is 6.07 Å². The number of nitrogens with one attached hydrogen (secondary N) is 1. The van der Waals surface area contributed by atoms with Crippen LogP contribution < -0.4 is 5.32 Å². The number of rotatable bonds is 7. The lowest BCUT2D eigenvalue weighted by Crippen LogP contribution is -2.43. The molecule has 2 amide bonds. The summed E-state index contributed by atoms with van der Waals surface area (Å²) in [4.78, 5) is 25.3. The SMILES string of the molecule is CC(=O)N(CC(=O)NCCc1ccc(Cl)cc1Cl)CC1CCCO1. The van der Waals surface area contributed by atoms with Crippen molar-refractivity contribution in [1.82, 2.24) is 10.2 Å². The third-order valence-electron chi connectivity index (χ3n) is 3.96. The van der Waals surface area contributed by atoms with E-state index in [1.54, 1.807) is 12.1 Å². The molecule has 0 radical (unpaired) electrons. The molecule has 1 N–H and O–H groups in total. The Kier molecular flexibility index (Phi) is 7.34. The summed E-state index contributed by atoms with van der Waals surface area (Å²) in [7, 11) is 0. The molecule has 0 spiro atoms. The van der Waals surface area contributed by atoms with Crippen LogP contribution in [0, 0.1) is 0 Å². The van der Waals surface area contributed by atoms with Gasteiger partial charge in [-0.2, -0.15) is 0 Å². The minimum absolute atomic E-state index is 0.0366. The molecule has 1 saturated heterocycles. The molecule has 0 aliphatic carbocycles. The van der Waals surface area contributed by atoms with Gasteiger partial charge in [-0.05, 0) is 37.0 Å². The van der Waals surface area contributed by atoms with Crippen LogP contribution in [0.5, 0.6) is 0 Å². The Bertz CT molecular complexity index is 589. The molecule has 2 rings (SSSR count). The predicted molar refractivity (Wildman–Crippen MR) is 94.4 cm³/mol. The fourth-order valence-electron chi connectivity index (χ4n) is 2.63. The van der Waals surface area contributed by atoms with Crippen molar-refractivity contribution in [1.29, 1.82) is 0 Å². The molecule has 1 unspecified atom stereocenters. The van der Waals surface area contributed by atoms with E-state index < -0.39 is 0 Å². The smallest absolute Gasteiger partial charge is 0.239 e. The van der Waals surface area contributed by atoms with Gasteiger partial charge in [0.05, 0.1) is 12.6 Å². The lowest BCUT2D eigenvalue weighted by Gasteiger charge is -2.23. The standard InChI is InChI=1S/C17H22Cl2N2O3/c1-12(22)21(10-15-3-2-8-24-15)11-17(23)20-7-6-13-4-5-14(18)9-16(13)19/h4-5,9,15H,2-3,6-8,10-11H2,1H3,(H,20,23). The highest BCUT2D eigenvalue weighted by Gasteiger charge is 2.22. The number of halogens is 2. The second-order valence-corrected chi connectivity index (χ2v) is 6.71. The van der Waals surface area contributed by atoms with E-state index in [1.165, 1.54) is 11.8 Å². The van der Waals surface area contributed by atoms with E-state index in [4.69, 9.17) is 27.9 Å². The van der Waals surface area contributed by atoms with Gasteiger partial charge < -0.3 is 15.0 Å². The highest BCUT2D eigenvalue weighted by atomic mass is 35.5. The molecule has 5 nitrogen and oxygen atoms in total. The van der Waals surface area contributed by atoms with Gasteiger partial charge in [-0.15, -0.1) is 0 Å². The number of ether oxygens (including phenoxy) is 1. The van der Waals surface area contributed by atoms with E-state index in [2.05, 4.69) is 5.32 Å². The van der Waals surface area contributed by atoms with E-state index in [0.717, 1.165) is 25.0 Å². The lowest BCUT2D eigenvalue weighted by molar-refractivity contribution is -0.135. The van der Waals surface area contributed by atoms with Gasteiger partial charge in [0.2, 0.25) is 11.8 Å². The molecular formula is C17H22Cl2N2O3. The van der Waals surface area contributed by atoms with Crippen LogP contribution in [0.25, 0.3) is 0 Å². The summed E-state index contributed by atoms with van der Waals surface area (Å²) in [5.41, 5.74) is 0.921. The second-order valence-electron chi connectivity index (χ2n) is 5.87. The van der Waals surface area contributed by atoms with Gasteiger partial charge >= 0.3 is 0 Å². The molecular weight excluding hydrogens is 351 g/mol. The summed E-state index contributed by atoms with van der Waals surface area (Å²) in [6.45, 7) is 3.15. The van der Waals surface area contributed by atoms with Gasteiger partial charge in [0.25, 0.3) is 0 Å². The maximum absolute atomic E-state index is 12.1. The van der Waals surface area contributed by atoms with Gasteiger partial charge in [-0.25, -0.2) is 0 Å². The first kappa shape index (κ1) is 19.0. The van der Waals surface area contributed by atoms with Crippen molar-refractivity contribution < 1.29 is 14.3 Å². The van der Waals surface area contributed by atoms with Crippen molar-refractivity contribution in [3.8, 4) is 0 Å². The molecule has 7 heteroatoms. The summed E-state index contributed by atoms with van der Waals surface area (Å²) < 4.78 is 5.53. The molecule has 132 valence electrons. The topological polar surface area (TPSA) is 58.6 Å². The Morgan fingerprint density at radius 1 is 1.38 bits per heavy atom. The van der Waals surface area contributed by atoms with Crippen molar-refractivity contribution in [2.24, 2.45) is 0 Å². The van der Waals surface area contributed by atoms with Crippen molar-refractivity contribution in [2.75, 3.05) is 26.2 Å². The molecule has 1 heterocycles. The molecule has 1 aromatic rings. The molecule has 1 fully saturated rings. The Morgan fingerprint density at radius 2 is 2.17 bits per heavy atom. The molecule has 1 aliphatic heterocycles. The molecule has 1 aliphatic rings. The average molecular weight is 373 g/mol. The molecule has 1 aromatic carbocycles. The number of hydrogen-bond acceptors (Lipinski definition) is 3. The lowest BCUT2D eigenvalue weighted by atomic mass is 10.1. The van der Waals surface area contributed by atoms with E-state index in [9.17, 15) is 9.59 Å². The number of amides is 2. The summed E-state index contributed by atoms with van der Waals surface area (Å²) in [5, 5.41) is 3.98. The number of carbonyl (C=O) groups excluding carboxylic acids is 2. The van der Waals surface area contributed by atoms with Crippen molar-refractivity contribution in [2.45, 2.75) is 32.3 Å².